The molecule has 4 rings (SSSR count). The van der Waals surface area contributed by atoms with Crippen LogP contribution in [0.1, 0.15) is 5.56 Å². The van der Waals surface area contributed by atoms with E-state index in [4.69, 9.17) is 11.6 Å². The van der Waals surface area contributed by atoms with E-state index in [1.54, 1.807) is 12.1 Å². The van der Waals surface area contributed by atoms with Gasteiger partial charge in [0.1, 0.15) is 5.82 Å². The molecule has 0 unspecified atom stereocenters. The zero-order valence-electron chi connectivity index (χ0n) is 13.1. The van der Waals surface area contributed by atoms with Crippen LogP contribution in [0.15, 0.2) is 52.7 Å². The minimum Gasteiger partial charge on any atom is -0.493 e. The number of aromatic amines is 1. The van der Waals surface area contributed by atoms with E-state index >= 15 is 0 Å². The Morgan fingerprint density at radius 1 is 1.08 bits per heavy atom. The summed E-state index contributed by atoms with van der Waals surface area (Å²) >= 11 is 6.01. The zero-order chi connectivity index (χ0) is 17.6. The van der Waals surface area contributed by atoms with Crippen LogP contribution in [0.4, 0.5) is 15.9 Å². The first-order chi connectivity index (χ1) is 12.0. The van der Waals surface area contributed by atoms with Gasteiger partial charge in [-0.25, -0.2) is 9.37 Å². The van der Waals surface area contributed by atoms with Gasteiger partial charge in [0.25, 0.3) is 0 Å². The fourth-order valence-corrected chi connectivity index (χ4v) is 2.91. The molecule has 0 saturated carbocycles. The maximum Gasteiger partial charge on any atom is 0.218 e. The molecule has 0 amide bonds. The van der Waals surface area contributed by atoms with Crippen molar-refractivity contribution in [2.75, 3.05) is 0 Å². The highest BCUT2D eigenvalue weighted by Gasteiger charge is 2.11. The average Bonchev–Trinajstić information content (AvgIpc) is 2.88. The highest BCUT2D eigenvalue weighted by Crippen LogP contribution is 2.36. The molecule has 7 heteroatoms. The number of aromatic nitrogens is 2. The second-order valence-electron chi connectivity index (χ2n) is 5.67. The number of fused-ring (bicyclic) bond motifs is 2. The molecule has 4 aromatic rings. The second-order valence-corrected chi connectivity index (χ2v) is 6.11. The van der Waals surface area contributed by atoms with Crippen LogP contribution in [0.2, 0.25) is 5.02 Å². The van der Waals surface area contributed by atoms with Crippen LogP contribution >= 0.6 is 11.6 Å². The number of aryl methyl sites for hydroxylation is 1. The third-order valence-corrected chi connectivity index (χ3v) is 4.17. The number of aromatic hydroxyl groups is 1. The third kappa shape index (κ3) is 2.81. The number of azo groups is 1. The van der Waals surface area contributed by atoms with Gasteiger partial charge < -0.3 is 10.1 Å². The first-order valence-corrected chi connectivity index (χ1v) is 7.88. The molecule has 124 valence electrons. The lowest BCUT2D eigenvalue weighted by Gasteiger charge is -2.03. The first-order valence-electron chi connectivity index (χ1n) is 7.50. The summed E-state index contributed by atoms with van der Waals surface area (Å²) in [5.74, 6) is -0.203. The van der Waals surface area contributed by atoms with Crippen molar-refractivity contribution in [3.8, 4) is 5.88 Å². The lowest BCUT2D eigenvalue weighted by molar-refractivity contribution is 0.459. The topological polar surface area (TPSA) is 73.6 Å². The second kappa shape index (κ2) is 5.82. The van der Waals surface area contributed by atoms with E-state index in [1.807, 2.05) is 19.1 Å². The first kappa shape index (κ1) is 15.5. The van der Waals surface area contributed by atoms with Crippen molar-refractivity contribution in [2.45, 2.75) is 6.92 Å². The molecule has 0 saturated heterocycles. The van der Waals surface area contributed by atoms with E-state index < -0.39 is 5.82 Å². The van der Waals surface area contributed by atoms with E-state index in [1.165, 1.54) is 18.2 Å². The number of benzene rings is 2. The molecule has 0 aliphatic carbocycles. The minimum absolute atomic E-state index is 0.171. The standard InChI is InChI=1S/C18H12ClFN4O/c1-9-6-16(21-14-4-2-10(19)7-12(9)14)23-24-17-13-8-11(20)3-5-15(13)22-18(17)25/h2-8,22,25H,1H3. The van der Waals surface area contributed by atoms with E-state index in [2.05, 4.69) is 20.2 Å². The predicted octanol–water partition coefficient (Wildman–Crippen LogP) is 5.94. The average molecular weight is 355 g/mol. The van der Waals surface area contributed by atoms with Crippen molar-refractivity contribution in [3.63, 3.8) is 0 Å². The summed E-state index contributed by atoms with van der Waals surface area (Å²) in [6.45, 7) is 1.93. The number of pyridine rings is 1. The quantitative estimate of drug-likeness (QED) is 0.437. The summed E-state index contributed by atoms with van der Waals surface area (Å²) in [5, 5.41) is 20.2. The van der Waals surface area contributed by atoms with Crippen LogP contribution in [-0.4, -0.2) is 15.1 Å². The molecule has 0 radical (unpaired) electrons. The van der Waals surface area contributed by atoms with Crippen molar-refractivity contribution in [3.05, 3.63) is 58.9 Å². The lowest BCUT2D eigenvalue weighted by atomic mass is 10.1. The van der Waals surface area contributed by atoms with Crippen LogP contribution in [0.25, 0.3) is 21.8 Å². The molecule has 0 bridgehead atoms. The molecule has 0 aliphatic heterocycles. The van der Waals surface area contributed by atoms with E-state index in [-0.39, 0.29) is 11.6 Å². The molecule has 0 aliphatic rings. The van der Waals surface area contributed by atoms with Gasteiger partial charge in [-0.2, -0.15) is 0 Å². The van der Waals surface area contributed by atoms with Crippen LogP contribution < -0.4 is 0 Å². The van der Waals surface area contributed by atoms with E-state index in [0.717, 1.165) is 16.5 Å². The maximum atomic E-state index is 13.5. The Morgan fingerprint density at radius 2 is 1.92 bits per heavy atom. The summed E-state index contributed by atoms with van der Waals surface area (Å²) in [7, 11) is 0. The molecule has 2 aromatic carbocycles. The van der Waals surface area contributed by atoms with Gasteiger partial charge in [-0.3, -0.25) is 0 Å². The monoisotopic (exact) mass is 354 g/mol. The van der Waals surface area contributed by atoms with Gasteiger partial charge in [0, 0.05) is 15.8 Å². The Kier molecular flexibility index (Phi) is 3.62. The van der Waals surface area contributed by atoms with Crippen molar-refractivity contribution < 1.29 is 9.50 Å². The van der Waals surface area contributed by atoms with Gasteiger partial charge in [0.15, 0.2) is 11.5 Å². The number of nitrogens with one attached hydrogen (secondary N) is 1. The minimum atomic E-state index is -0.417. The summed E-state index contributed by atoms with van der Waals surface area (Å²) in [4.78, 5) is 7.16. The van der Waals surface area contributed by atoms with Crippen LogP contribution in [0, 0.1) is 12.7 Å². The van der Waals surface area contributed by atoms with E-state index in [9.17, 15) is 9.50 Å². The Labute approximate surface area is 146 Å². The number of hydrogen-bond acceptors (Lipinski definition) is 4. The molecular formula is C18H12ClFN4O. The van der Waals surface area contributed by atoms with Crippen LogP contribution in [0.3, 0.4) is 0 Å². The van der Waals surface area contributed by atoms with Crippen molar-refractivity contribution >= 4 is 44.9 Å². The molecular weight excluding hydrogens is 343 g/mol. The number of H-pyrrole nitrogens is 1. The Morgan fingerprint density at radius 3 is 2.76 bits per heavy atom. The van der Waals surface area contributed by atoms with E-state index in [0.29, 0.717) is 21.7 Å². The van der Waals surface area contributed by atoms with Gasteiger partial charge in [-0.05, 0) is 55.0 Å². The number of halogens is 2. The maximum absolute atomic E-state index is 13.5. The van der Waals surface area contributed by atoms with Gasteiger partial charge in [0.05, 0.1) is 11.0 Å². The molecule has 0 spiro atoms. The molecule has 0 atom stereocenters. The number of rotatable bonds is 2. The normalized spacial score (nSPS) is 11.8. The number of nitrogens with zero attached hydrogens (tertiary/aromatic N) is 3. The largest absolute Gasteiger partial charge is 0.493 e. The SMILES string of the molecule is Cc1cc(N=Nc2c(O)[nH]c3ccc(F)cc23)nc2ccc(Cl)cc12. The van der Waals surface area contributed by atoms with Crippen molar-refractivity contribution in [1.82, 2.24) is 9.97 Å². The molecule has 2 N–H and O–H groups in total. The highest BCUT2D eigenvalue weighted by atomic mass is 35.5. The number of hydrogen-bond donors (Lipinski definition) is 2. The van der Waals surface area contributed by atoms with Crippen LogP contribution in [-0.2, 0) is 0 Å². The fraction of sp³-hybridized carbons (Fsp3) is 0.0556. The van der Waals surface area contributed by atoms with Gasteiger partial charge in [0.2, 0.25) is 5.88 Å². The Bertz CT molecular complexity index is 1150. The van der Waals surface area contributed by atoms with Gasteiger partial charge in [-0.1, -0.05) is 11.6 Å². The summed E-state index contributed by atoms with van der Waals surface area (Å²) in [6, 6.07) is 11.3. The third-order valence-electron chi connectivity index (χ3n) is 3.93. The van der Waals surface area contributed by atoms with Gasteiger partial charge >= 0.3 is 0 Å². The molecule has 2 heterocycles. The van der Waals surface area contributed by atoms with Gasteiger partial charge in [-0.15, -0.1) is 10.2 Å². The summed E-state index contributed by atoms with van der Waals surface area (Å²) < 4.78 is 13.5. The molecule has 2 aromatic heterocycles. The summed E-state index contributed by atoms with van der Waals surface area (Å²) in [6.07, 6.45) is 0. The fourth-order valence-electron chi connectivity index (χ4n) is 2.74. The lowest BCUT2D eigenvalue weighted by Crippen LogP contribution is -1.83. The molecule has 25 heavy (non-hydrogen) atoms. The smallest absolute Gasteiger partial charge is 0.218 e. The molecule has 5 nitrogen and oxygen atoms in total. The van der Waals surface area contributed by atoms with Crippen molar-refractivity contribution in [2.24, 2.45) is 10.2 Å². The Hall–Kier alpha value is -2.99. The van der Waals surface area contributed by atoms with Crippen LogP contribution in [0.5, 0.6) is 5.88 Å². The summed E-state index contributed by atoms with van der Waals surface area (Å²) in [5.41, 5.74) is 2.44. The highest BCUT2D eigenvalue weighted by molar-refractivity contribution is 6.31. The molecule has 0 fully saturated rings. The Balaban J connectivity index is 1.80. The van der Waals surface area contributed by atoms with Crippen molar-refractivity contribution in [1.29, 1.82) is 0 Å². The predicted molar refractivity (Wildman–Crippen MR) is 95.6 cm³/mol. The zero-order valence-corrected chi connectivity index (χ0v) is 13.8.